The van der Waals surface area contributed by atoms with Crippen molar-refractivity contribution in [3.8, 4) is 0 Å². The smallest absolute Gasteiger partial charge is 0.252 e. The number of halogens is 2. The van der Waals surface area contributed by atoms with Crippen LogP contribution in [0.1, 0.15) is 16.1 Å². The first-order valence-electron chi connectivity index (χ1n) is 5.80. The van der Waals surface area contributed by atoms with E-state index in [0.717, 1.165) is 9.26 Å². The van der Waals surface area contributed by atoms with E-state index in [-0.39, 0.29) is 5.91 Å². The molecule has 0 unspecified atom stereocenters. The maximum atomic E-state index is 12.0. The lowest BCUT2D eigenvalue weighted by Gasteiger charge is -2.06. The van der Waals surface area contributed by atoms with Crippen LogP contribution in [-0.4, -0.2) is 17.4 Å². The third-order valence-corrected chi connectivity index (χ3v) is 3.74. The summed E-state index contributed by atoms with van der Waals surface area (Å²) in [5.41, 5.74) is 1.61. The summed E-state index contributed by atoms with van der Waals surface area (Å²) in [6, 6.07) is 11.2. The van der Waals surface area contributed by atoms with Crippen molar-refractivity contribution in [3.63, 3.8) is 0 Å². The van der Waals surface area contributed by atoms with E-state index in [1.165, 1.54) is 0 Å². The summed E-state index contributed by atoms with van der Waals surface area (Å²) in [7, 11) is 0. The van der Waals surface area contributed by atoms with Gasteiger partial charge in [-0.05, 0) is 46.9 Å². The molecule has 5 heteroatoms. The molecule has 1 aromatic carbocycles. The molecule has 19 heavy (non-hydrogen) atoms. The molecule has 0 aliphatic carbocycles. The number of aromatic nitrogens is 1. The molecule has 1 aromatic heterocycles. The van der Waals surface area contributed by atoms with Gasteiger partial charge in [-0.25, -0.2) is 0 Å². The number of amides is 1. The third-order valence-electron chi connectivity index (χ3n) is 2.57. The van der Waals surface area contributed by atoms with Gasteiger partial charge in [-0.3, -0.25) is 9.78 Å². The fraction of sp³-hybridized carbons (Fsp3) is 0.143. The SMILES string of the molecule is O=C(NCCc1ccc(Cl)cn1)c1ccccc1I. The molecule has 2 aromatic rings. The fourth-order valence-electron chi connectivity index (χ4n) is 1.60. The molecule has 2 rings (SSSR count). The second-order valence-electron chi connectivity index (χ2n) is 3.95. The van der Waals surface area contributed by atoms with Crippen molar-refractivity contribution in [1.82, 2.24) is 10.3 Å². The molecular weight excluding hydrogens is 375 g/mol. The first-order valence-corrected chi connectivity index (χ1v) is 7.25. The second kappa shape index (κ2) is 6.86. The Bertz CT molecular complexity index is 572. The Morgan fingerprint density at radius 1 is 1.26 bits per heavy atom. The van der Waals surface area contributed by atoms with Crippen molar-refractivity contribution >= 4 is 40.1 Å². The Kier molecular flexibility index (Phi) is 5.15. The minimum absolute atomic E-state index is 0.0565. The van der Waals surface area contributed by atoms with Crippen LogP contribution in [0.2, 0.25) is 5.02 Å². The van der Waals surface area contributed by atoms with E-state index in [4.69, 9.17) is 11.6 Å². The maximum Gasteiger partial charge on any atom is 0.252 e. The predicted octanol–water partition coefficient (Wildman–Crippen LogP) is 3.31. The van der Waals surface area contributed by atoms with Gasteiger partial charge >= 0.3 is 0 Å². The van der Waals surface area contributed by atoms with Crippen LogP contribution in [-0.2, 0) is 6.42 Å². The molecule has 0 spiro atoms. The van der Waals surface area contributed by atoms with Crippen LogP contribution in [0.4, 0.5) is 0 Å². The number of benzene rings is 1. The Morgan fingerprint density at radius 3 is 2.74 bits per heavy atom. The van der Waals surface area contributed by atoms with Gasteiger partial charge in [-0.15, -0.1) is 0 Å². The number of carbonyl (C=O) groups excluding carboxylic acids is 1. The quantitative estimate of drug-likeness (QED) is 0.819. The van der Waals surface area contributed by atoms with Crippen molar-refractivity contribution in [2.75, 3.05) is 6.54 Å². The van der Waals surface area contributed by atoms with Gasteiger partial charge in [0.1, 0.15) is 0 Å². The van der Waals surface area contributed by atoms with Crippen LogP contribution in [0.5, 0.6) is 0 Å². The molecule has 98 valence electrons. The lowest BCUT2D eigenvalue weighted by atomic mass is 10.2. The summed E-state index contributed by atoms with van der Waals surface area (Å²) in [5, 5.41) is 3.50. The zero-order chi connectivity index (χ0) is 13.7. The lowest BCUT2D eigenvalue weighted by Crippen LogP contribution is -2.26. The van der Waals surface area contributed by atoms with Gasteiger partial charge in [0, 0.05) is 28.4 Å². The van der Waals surface area contributed by atoms with E-state index in [2.05, 4.69) is 32.9 Å². The molecule has 0 aliphatic rings. The van der Waals surface area contributed by atoms with Gasteiger partial charge in [0.2, 0.25) is 0 Å². The first kappa shape index (κ1) is 14.3. The lowest BCUT2D eigenvalue weighted by molar-refractivity contribution is 0.0953. The minimum atomic E-state index is -0.0565. The summed E-state index contributed by atoms with van der Waals surface area (Å²) in [4.78, 5) is 16.1. The van der Waals surface area contributed by atoms with Crippen molar-refractivity contribution in [2.24, 2.45) is 0 Å². The topological polar surface area (TPSA) is 42.0 Å². The van der Waals surface area contributed by atoms with Crippen LogP contribution in [0.25, 0.3) is 0 Å². The largest absolute Gasteiger partial charge is 0.352 e. The maximum absolute atomic E-state index is 12.0. The van der Waals surface area contributed by atoms with E-state index in [0.29, 0.717) is 23.6 Å². The Labute approximate surface area is 130 Å². The zero-order valence-corrected chi connectivity index (χ0v) is 13.0. The molecule has 1 amide bonds. The summed E-state index contributed by atoms with van der Waals surface area (Å²) < 4.78 is 0.946. The number of nitrogens with one attached hydrogen (secondary N) is 1. The van der Waals surface area contributed by atoms with Gasteiger partial charge in [-0.2, -0.15) is 0 Å². The molecular formula is C14H12ClIN2O. The molecule has 1 N–H and O–H groups in total. The predicted molar refractivity (Wildman–Crippen MR) is 84.4 cm³/mol. The number of hydrogen-bond donors (Lipinski definition) is 1. The molecule has 1 heterocycles. The van der Waals surface area contributed by atoms with Crippen molar-refractivity contribution in [2.45, 2.75) is 6.42 Å². The monoisotopic (exact) mass is 386 g/mol. The van der Waals surface area contributed by atoms with E-state index in [9.17, 15) is 4.79 Å². The van der Waals surface area contributed by atoms with Crippen LogP contribution < -0.4 is 5.32 Å². The van der Waals surface area contributed by atoms with Gasteiger partial charge in [0.25, 0.3) is 5.91 Å². The molecule has 0 atom stereocenters. The normalized spacial score (nSPS) is 10.2. The molecule has 3 nitrogen and oxygen atoms in total. The molecule has 0 radical (unpaired) electrons. The standard InChI is InChI=1S/C14H12ClIN2O/c15-10-5-6-11(18-9-10)7-8-17-14(19)12-3-1-2-4-13(12)16/h1-6,9H,7-8H2,(H,17,19). The van der Waals surface area contributed by atoms with Crippen molar-refractivity contribution < 1.29 is 4.79 Å². The van der Waals surface area contributed by atoms with Gasteiger partial charge in [0.05, 0.1) is 10.6 Å². The van der Waals surface area contributed by atoms with Gasteiger partial charge < -0.3 is 5.32 Å². The van der Waals surface area contributed by atoms with E-state index >= 15 is 0 Å². The van der Waals surface area contributed by atoms with Gasteiger partial charge in [0.15, 0.2) is 0 Å². The minimum Gasteiger partial charge on any atom is -0.352 e. The van der Waals surface area contributed by atoms with Crippen LogP contribution in [0, 0.1) is 3.57 Å². The van der Waals surface area contributed by atoms with E-state index in [1.807, 2.05) is 30.3 Å². The molecule has 0 fully saturated rings. The second-order valence-corrected chi connectivity index (χ2v) is 5.55. The highest BCUT2D eigenvalue weighted by atomic mass is 127. The van der Waals surface area contributed by atoms with Crippen LogP contribution in [0.3, 0.4) is 0 Å². The molecule has 0 saturated heterocycles. The first-order chi connectivity index (χ1) is 9.16. The number of rotatable bonds is 4. The summed E-state index contributed by atoms with van der Waals surface area (Å²) in [6.07, 6.45) is 2.30. The molecule has 0 saturated carbocycles. The Hall–Kier alpha value is -1.14. The van der Waals surface area contributed by atoms with Crippen molar-refractivity contribution in [1.29, 1.82) is 0 Å². The van der Waals surface area contributed by atoms with E-state index in [1.54, 1.807) is 12.3 Å². The number of hydrogen-bond acceptors (Lipinski definition) is 2. The fourth-order valence-corrected chi connectivity index (χ4v) is 2.34. The van der Waals surface area contributed by atoms with Crippen LogP contribution in [0.15, 0.2) is 42.6 Å². The highest BCUT2D eigenvalue weighted by molar-refractivity contribution is 14.1. The number of pyridine rings is 1. The summed E-state index contributed by atoms with van der Waals surface area (Å²) in [5.74, 6) is -0.0565. The number of carbonyl (C=O) groups is 1. The Morgan fingerprint density at radius 2 is 2.05 bits per heavy atom. The summed E-state index contributed by atoms with van der Waals surface area (Å²) >= 11 is 7.92. The average molecular weight is 387 g/mol. The number of nitrogens with zero attached hydrogens (tertiary/aromatic N) is 1. The summed E-state index contributed by atoms with van der Waals surface area (Å²) in [6.45, 7) is 0.554. The molecule has 0 bridgehead atoms. The van der Waals surface area contributed by atoms with Gasteiger partial charge in [-0.1, -0.05) is 23.7 Å². The van der Waals surface area contributed by atoms with E-state index < -0.39 is 0 Å². The van der Waals surface area contributed by atoms with Crippen LogP contribution >= 0.6 is 34.2 Å². The third kappa shape index (κ3) is 4.18. The average Bonchev–Trinajstić information content (AvgIpc) is 2.41. The van der Waals surface area contributed by atoms with Crippen molar-refractivity contribution in [3.05, 3.63) is 62.4 Å². The Balaban J connectivity index is 1.88. The highest BCUT2D eigenvalue weighted by Gasteiger charge is 2.08. The highest BCUT2D eigenvalue weighted by Crippen LogP contribution is 2.11. The molecule has 0 aliphatic heterocycles. The zero-order valence-electron chi connectivity index (χ0n) is 10.1.